The number of carbonyl (C=O) groups excluding carboxylic acids is 2. The van der Waals surface area contributed by atoms with E-state index in [1.807, 2.05) is 36.4 Å². The zero-order valence-corrected chi connectivity index (χ0v) is 13.9. The maximum atomic E-state index is 11.8. The summed E-state index contributed by atoms with van der Waals surface area (Å²) < 4.78 is 10.6. The van der Waals surface area contributed by atoms with Gasteiger partial charge in [0, 0.05) is 10.5 Å². The first-order chi connectivity index (χ1) is 11.7. The molecule has 0 radical (unpaired) electrons. The Morgan fingerprint density at radius 2 is 1.17 bits per heavy atom. The van der Waals surface area contributed by atoms with Crippen molar-refractivity contribution in [3.63, 3.8) is 0 Å². The van der Waals surface area contributed by atoms with Gasteiger partial charge in [0.25, 0.3) is 0 Å². The number of benzene rings is 2. The van der Waals surface area contributed by atoms with Crippen molar-refractivity contribution in [2.75, 3.05) is 13.2 Å². The van der Waals surface area contributed by atoms with Crippen molar-refractivity contribution in [1.82, 2.24) is 0 Å². The van der Waals surface area contributed by atoms with Crippen LogP contribution >= 0.6 is 11.8 Å². The van der Waals surface area contributed by atoms with Gasteiger partial charge in [-0.05, 0) is 30.7 Å². The molecule has 1 aliphatic heterocycles. The normalized spacial score (nSPS) is 19.2. The van der Waals surface area contributed by atoms with E-state index in [1.54, 1.807) is 36.0 Å². The maximum absolute atomic E-state index is 11.8. The predicted molar refractivity (Wildman–Crippen MR) is 93.2 cm³/mol. The largest absolute Gasteiger partial charge is 0.461 e. The molecular formula is C19H18O4S. The smallest absolute Gasteiger partial charge is 0.338 e. The van der Waals surface area contributed by atoms with E-state index in [0.29, 0.717) is 24.3 Å². The molecular weight excluding hydrogens is 324 g/mol. The van der Waals surface area contributed by atoms with Crippen molar-refractivity contribution in [3.05, 3.63) is 71.8 Å². The Labute approximate surface area is 145 Å². The zero-order chi connectivity index (χ0) is 16.8. The Hall–Kier alpha value is -2.27. The van der Waals surface area contributed by atoms with Crippen LogP contribution in [0.1, 0.15) is 27.1 Å². The Morgan fingerprint density at radius 1 is 0.792 bits per heavy atom. The molecule has 124 valence electrons. The summed E-state index contributed by atoms with van der Waals surface area (Å²) >= 11 is 1.69. The minimum atomic E-state index is -0.296. The monoisotopic (exact) mass is 342 g/mol. The highest BCUT2D eigenvalue weighted by Gasteiger charge is 2.32. The maximum Gasteiger partial charge on any atom is 0.338 e. The second kappa shape index (κ2) is 8.02. The molecule has 0 N–H and O–H groups in total. The summed E-state index contributed by atoms with van der Waals surface area (Å²) in [5.74, 6) is -0.592. The van der Waals surface area contributed by atoms with E-state index in [0.717, 1.165) is 6.42 Å². The molecule has 1 aliphatic rings. The van der Waals surface area contributed by atoms with Gasteiger partial charge < -0.3 is 9.47 Å². The molecule has 0 saturated carbocycles. The highest BCUT2D eigenvalue weighted by molar-refractivity contribution is 8.01. The molecule has 1 unspecified atom stereocenters. The van der Waals surface area contributed by atoms with E-state index < -0.39 is 0 Å². The molecule has 4 nitrogen and oxygen atoms in total. The number of rotatable bonds is 6. The van der Waals surface area contributed by atoms with Crippen LogP contribution in [-0.2, 0) is 9.47 Å². The molecule has 3 rings (SSSR count). The fourth-order valence-corrected chi connectivity index (χ4v) is 3.59. The highest BCUT2D eigenvalue weighted by atomic mass is 32.2. The zero-order valence-electron chi connectivity index (χ0n) is 13.1. The van der Waals surface area contributed by atoms with Crippen molar-refractivity contribution in [2.24, 2.45) is 0 Å². The summed E-state index contributed by atoms with van der Waals surface area (Å²) in [7, 11) is 0. The van der Waals surface area contributed by atoms with Gasteiger partial charge in [0.2, 0.25) is 0 Å². The third kappa shape index (κ3) is 4.38. The second-order valence-electron chi connectivity index (χ2n) is 5.54. The van der Waals surface area contributed by atoms with Crippen LogP contribution in [0.5, 0.6) is 0 Å². The van der Waals surface area contributed by atoms with Gasteiger partial charge in [0.1, 0.15) is 13.2 Å². The van der Waals surface area contributed by atoms with Crippen molar-refractivity contribution < 1.29 is 19.1 Å². The van der Waals surface area contributed by atoms with Gasteiger partial charge in [0.05, 0.1) is 11.1 Å². The fourth-order valence-electron chi connectivity index (χ4n) is 2.42. The van der Waals surface area contributed by atoms with Crippen LogP contribution in [0.15, 0.2) is 60.7 Å². The first-order valence-corrected chi connectivity index (χ1v) is 8.76. The number of ether oxygens (including phenoxy) is 2. The van der Waals surface area contributed by atoms with Gasteiger partial charge >= 0.3 is 11.9 Å². The Kier molecular flexibility index (Phi) is 5.54. The van der Waals surface area contributed by atoms with E-state index in [-0.39, 0.29) is 22.4 Å². The van der Waals surface area contributed by atoms with Gasteiger partial charge in [-0.2, -0.15) is 0 Å². The second-order valence-corrected chi connectivity index (χ2v) is 7.15. The average molecular weight is 342 g/mol. The summed E-state index contributed by atoms with van der Waals surface area (Å²) in [6.45, 7) is 0.781. The molecule has 0 aromatic heterocycles. The summed E-state index contributed by atoms with van der Waals surface area (Å²) in [6.07, 6.45) is 0.884. The number of hydrogen-bond donors (Lipinski definition) is 0. The van der Waals surface area contributed by atoms with Gasteiger partial charge in [-0.15, -0.1) is 11.8 Å². The molecule has 2 aromatic rings. The Bertz CT molecular complexity index is 622. The molecule has 5 heteroatoms. The van der Waals surface area contributed by atoms with Crippen LogP contribution in [-0.4, -0.2) is 35.7 Å². The summed E-state index contributed by atoms with van der Waals surface area (Å²) in [5.41, 5.74) is 1.13. The third-order valence-corrected chi connectivity index (χ3v) is 5.16. The molecule has 0 amide bonds. The summed E-state index contributed by atoms with van der Waals surface area (Å²) in [5, 5.41) is 0.552. The number of hydrogen-bond acceptors (Lipinski definition) is 5. The van der Waals surface area contributed by atoms with Gasteiger partial charge in [-0.1, -0.05) is 36.4 Å². The molecule has 0 aliphatic carbocycles. The molecule has 1 saturated heterocycles. The lowest BCUT2D eigenvalue weighted by atomic mass is 10.2. The van der Waals surface area contributed by atoms with Crippen molar-refractivity contribution in [2.45, 2.75) is 16.9 Å². The number of carbonyl (C=O) groups is 2. The molecule has 2 aromatic carbocycles. The van der Waals surface area contributed by atoms with Crippen LogP contribution in [0.4, 0.5) is 0 Å². The first-order valence-electron chi connectivity index (χ1n) is 7.82. The predicted octanol–water partition coefficient (Wildman–Crippen LogP) is 3.57. The Morgan fingerprint density at radius 3 is 1.54 bits per heavy atom. The van der Waals surface area contributed by atoms with Crippen molar-refractivity contribution in [3.8, 4) is 0 Å². The lowest BCUT2D eigenvalue weighted by molar-refractivity contribution is 0.0473. The molecule has 24 heavy (non-hydrogen) atoms. The minimum absolute atomic E-state index is 0.276. The fraction of sp³-hybridized carbons (Fsp3) is 0.263. The van der Waals surface area contributed by atoms with Gasteiger partial charge in [-0.25, -0.2) is 9.59 Å². The van der Waals surface area contributed by atoms with E-state index in [1.165, 1.54) is 0 Å². The van der Waals surface area contributed by atoms with Crippen LogP contribution in [0.2, 0.25) is 0 Å². The van der Waals surface area contributed by atoms with Crippen LogP contribution < -0.4 is 0 Å². The van der Waals surface area contributed by atoms with Crippen LogP contribution in [0.3, 0.4) is 0 Å². The van der Waals surface area contributed by atoms with Gasteiger partial charge in [-0.3, -0.25) is 0 Å². The van der Waals surface area contributed by atoms with Crippen LogP contribution in [0, 0.1) is 0 Å². The standard InChI is InChI=1S/C19H18O4S/c20-18(14-7-3-1-4-8-14)22-12-16-11-17(24-16)13-23-19(21)15-9-5-2-6-10-15/h1-10,16-17H,11-13H2/t16-,17?/m0/s1. The molecule has 0 spiro atoms. The Balaban J connectivity index is 1.33. The molecule has 1 heterocycles. The lowest BCUT2D eigenvalue weighted by Crippen LogP contribution is -2.35. The molecule has 1 fully saturated rings. The molecule has 2 atom stereocenters. The quantitative estimate of drug-likeness (QED) is 0.751. The minimum Gasteiger partial charge on any atom is -0.461 e. The van der Waals surface area contributed by atoms with Crippen molar-refractivity contribution in [1.29, 1.82) is 0 Å². The average Bonchev–Trinajstić information content (AvgIpc) is 2.61. The van der Waals surface area contributed by atoms with E-state index in [4.69, 9.17) is 9.47 Å². The lowest BCUT2D eigenvalue weighted by Gasteiger charge is -2.33. The topological polar surface area (TPSA) is 52.6 Å². The SMILES string of the molecule is O=C(OCC1C[C@@H](COC(=O)c2ccccc2)S1)c1ccccc1. The van der Waals surface area contributed by atoms with Crippen molar-refractivity contribution >= 4 is 23.7 Å². The number of esters is 2. The van der Waals surface area contributed by atoms with Crippen LogP contribution in [0.25, 0.3) is 0 Å². The van der Waals surface area contributed by atoms with E-state index in [2.05, 4.69) is 0 Å². The number of thioether (sulfide) groups is 1. The summed E-state index contributed by atoms with van der Waals surface area (Å²) in [6, 6.07) is 17.9. The first kappa shape index (κ1) is 16.6. The molecule has 0 bridgehead atoms. The van der Waals surface area contributed by atoms with E-state index >= 15 is 0 Å². The highest BCUT2D eigenvalue weighted by Crippen LogP contribution is 2.37. The third-order valence-electron chi connectivity index (χ3n) is 3.73. The van der Waals surface area contributed by atoms with E-state index in [9.17, 15) is 9.59 Å². The summed E-state index contributed by atoms with van der Waals surface area (Å²) in [4.78, 5) is 23.7. The van der Waals surface area contributed by atoms with Gasteiger partial charge in [0.15, 0.2) is 0 Å².